The molecule has 5 heteroatoms. The molecule has 0 saturated heterocycles. The van der Waals surface area contributed by atoms with Crippen LogP contribution in [0, 0.1) is 5.92 Å². The first-order valence-electron chi connectivity index (χ1n) is 11.9. The number of carbonyl (C=O) groups is 1. The molecular formula is C29H36N2O3. The third-order valence-corrected chi connectivity index (χ3v) is 5.92. The summed E-state index contributed by atoms with van der Waals surface area (Å²) in [4.78, 5) is 15.5. The Morgan fingerprint density at radius 2 is 1.18 bits per heavy atom. The number of carboxylic acid groups (broad SMARTS) is 1. The summed E-state index contributed by atoms with van der Waals surface area (Å²) in [6.45, 7) is 5.75. The highest BCUT2D eigenvalue weighted by Crippen LogP contribution is 2.20. The fraction of sp³-hybridized carbons (Fsp3) is 0.345. The van der Waals surface area contributed by atoms with Crippen LogP contribution in [-0.4, -0.2) is 51.3 Å². The van der Waals surface area contributed by atoms with Gasteiger partial charge in [0, 0.05) is 25.7 Å². The lowest BCUT2D eigenvalue weighted by Gasteiger charge is -2.37. The average Bonchev–Trinajstić information content (AvgIpc) is 2.83. The van der Waals surface area contributed by atoms with Crippen molar-refractivity contribution in [3.63, 3.8) is 0 Å². The maximum absolute atomic E-state index is 11.9. The van der Waals surface area contributed by atoms with Gasteiger partial charge in [-0.05, 0) is 29.0 Å². The molecule has 2 N–H and O–H groups in total. The van der Waals surface area contributed by atoms with Gasteiger partial charge in [0.25, 0.3) is 0 Å². The van der Waals surface area contributed by atoms with E-state index in [1.54, 1.807) is 0 Å². The average molecular weight is 461 g/mol. The molecule has 0 aliphatic rings. The van der Waals surface area contributed by atoms with Crippen LogP contribution in [0.25, 0.3) is 0 Å². The second kappa shape index (κ2) is 12.9. The van der Waals surface area contributed by atoms with Gasteiger partial charge in [0.05, 0.1) is 12.6 Å². The number of aliphatic hydroxyl groups excluding tert-OH is 1. The molecule has 0 fully saturated rings. The highest BCUT2D eigenvalue weighted by atomic mass is 16.4. The monoisotopic (exact) mass is 460 g/mol. The lowest BCUT2D eigenvalue weighted by Crippen LogP contribution is -2.50. The standard InChI is InChI=1S/C29H36N2O3/c1-23(2)19-31(29(33)34)22-28(32)27(18-24-12-6-3-7-13-24)30(20-25-14-8-4-9-15-25)21-26-16-10-5-11-17-26/h3-17,23,27-28,32H,18-22H2,1-2H3,(H,33,34)/t27-,28+/m0/s1. The van der Waals surface area contributed by atoms with Crippen molar-refractivity contribution in [2.24, 2.45) is 5.92 Å². The smallest absolute Gasteiger partial charge is 0.407 e. The van der Waals surface area contributed by atoms with Gasteiger partial charge in [-0.2, -0.15) is 0 Å². The molecule has 0 aliphatic carbocycles. The Hall–Kier alpha value is -3.15. The van der Waals surface area contributed by atoms with Gasteiger partial charge >= 0.3 is 6.09 Å². The zero-order valence-electron chi connectivity index (χ0n) is 20.1. The second-order valence-electron chi connectivity index (χ2n) is 9.28. The number of nitrogens with zero attached hydrogens (tertiary/aromatic N) is 2. The zero-order chi connectivity index (χ0) is 24.3. The zero-order valence-corrected chi connectivity index (χ0v) is 20.1. The van der Waals surface area contributed by atoms with E-state index in [2.05, 4.69) is 41.3 Å². The van der Waals surface area contributed by atoms with E-state index in [0.29, 0.717) is 26.1 Å². The van der Waals surface area contributed by atoms with Crippen LogP contribution in [-0.2, 0) is 19.5 Å². The van der Waals surface area contributed by atoms with Gasteiger partial charge in [0.1, 0.15) is 0 Å². The predicted molar refractivity (Wildman–Crippen MR) is 137 cm³/mol. The number of hydrogen-bond donors (Lipinski definition) is 2. The highest BCUT2D eigenvalue weighted by Gasteiger charge is 2.30. The topological polar surface area (TPSA) is 64.0 Å². The minimum Gasteiger partial charge on any atom is -0.465 e. The number of rotatable bonds is 12. The summed E-state index contributed by atoms with van der Waals surface area (Å²) in [7, 11) is 0. The Labute approximate surface area is 203 Å². The summed E-state index contributed by atoms with van der Waals surface area (Å²) in [6, 6.07) is 30.3. The molecule has 0 heterocycles. The van der Waals surface area contributed by atoms with E-state index < -0.39 is 12.2 Å². The van der Waals surface area contributed by atoms with Gasteiger partial charge in [-0.15, -0.1) is 0 Å². The second-order valence-corrected chi connectivity index (χ2v) is 9.28. The van der Waals surface area contributed by atoms with Crippen molar-refractivity contribution in [3.8, 4) is 0 Å². The van der Waals surface area contributed by atoms with Crippen LogP contribution in [0.2, 0.25) is 0 Å². The first-order valence-corrected chi connectivity index (χ1v) is 11.9. The Kier molecular flexibility index (Phi) is 9.68. The van der Waals surface area contributed by atoms with Crippen molar-refractivity contribution < 1.29 is 15.0 Å². The molecule has 2 atom stereocenters. The summed E-state index contributed by atoms with van der Waals surface area (Å²) >= 11 is 0. The molecule has 3 aromatic carbocycles. The Balaban J connectivity index is 1.93. The van der Waals surface area contributed by atoms with Crippen LogP contribution in [0.4, 0.5) is 4.79 Å². The molecule has 1 amide bonds. The molecule has 5 nitrogen and oxygen atoms in total. The van der Waals surface area contributed by atoms with Crippen LogP contribution in [0.3, 0.4) is 0 Å². The maximum Gasteiger partial charge on any atom is 0.407 e. The van der Waals surface area contributed by atoms with Gasteiger partial charge in [0.15, 0.2) is 0 Å². The van der Waals surface area contributed by atoms with Gasteiger partial charge in [-0.25, -0.2) is 4.79 Å². The predicted octanol–water partition coefficient (Wildman–Crippen LogP) is 5.30. The van der Waals surface area contributed by atoms with Gasteiger partial charge < -0.3 is 15.1 Å². The third kappa shape index (κ3) is 8.01. The molecule has 0 aliphatic heterocycles. The van der Waals surface area contributed by atoms with Crippen LogP contribution < -0.4 is 0 Å². The van der Waals surface area contributed by atoms with E-state index in [9.17, 15) is 15.0 Å². The molecule has 180 valence electrons. The SMILES string of the molecule is CC(C)CN(C[C@@H](O)[C@H](Cc1ccccc1)N(Cc1ccccc1)Cc1ccccc1)C(=O)O. The largest absolute Gasteiger partial charge is 0.465 e. The molecule has 0 radical (unpaired) electrons. The van der Waals surface area contributed by atoms with Crippen molar-refractivity contribution in [1.82, 2.24) is 9.80 Å². The maximum atomic E-state index is 11.9. The van der Waals surface area contributed by atoms with Gasteiger partial charge in [-0.3, -0.25) is 4.90 Å². The van der Waals surface area contributed by atoms with Crippen molar-refractivity contribution in [2.45, 2.75) is 45.5 Å². The van der Waals surface area contributed by atoms with Gasteiger partial charge in [0.2, 0.25) is 0 Å². The first kappa shape index (κ1) is 25.5. The molecule has 34 heavy (non-hydrogen) atoms. The number of benzene rings is 3. The molecule has 0 aromatic heterocycles. The highest BCUT2D eigenvalue weighted by molar-refractivity contribution is 5.65. The number of amides is 1. The molecular weight excluding hydrogens is 424 g/mol. The van der Waals surface area contributed by atoms with Crippen LogP contribution in [0.15, 0.2) is 91.0 Å². The lowest BCUT2D eigenvalue weighted by molar-refractivity contribution is 0.0154. The van der Waals surface area contributed by atoms with E-state index in [4.69, 9.17) is 0 Å². The summed E-state index contributed by atoms with van der Waals surface area (Å²) in [5.74, 6) is 0.181. The molecule has 3 aromatic rings. The molecule has 3 rings (SSSR count). The summed E-state index contributed by atoms with van der Waals surface area (Å²) in [5, 5.41) is 21.2. The van der Waals surface area contributed by atoms with Gasteiger partial charge in [-0.1, -0.05) is 105 Å². The Morgan fingerprint density at radius 3 is 1.59 bits per heavy atom. The normalized spacial score (nSPS) is 13.1. The van der Waals surface area contributed by atoms with Crippen molar-refractivity contribution in [3.05, 3.63) is 108 Å². The molecule has 0 spiro atoms. The minimum atomic E-state index is -0.996. The van der Waals surface area contributed by atoms with Crippen LogP contribution >= 0.6 is 0 Å². The molecule has 0 bridgehead atoms. The number of aliphatic hydroxyl groups is 1. The van der Waals surface area contributed by atoms with E-state index in [1.807, 2.05) is 68.4 Å². The number of hydrogen-bond acceptors (Lipinski definition) is 3. The van der Waals surface area contributed by atoms with E-state index in [-0.39, 0.29) is 18.5 Å². The van der Waals surface area contributed by atoms with Crippen LogP contribution in [0.1, 0.15) is 30.5 Å². The lowest BCUT2D eigenvalue weighted by atomic mass is 9.97. The van der Waals surface area contributed by atoms with Crippen molar-refractivity contribution in [2.75, 3.05) is 13.1 Å². The third-order valence-electron chi connectivity index (χ3n) is 5.92. The Morgan fingerprint density at radius 1 is 0.735 bits per heavy atom. The fourth-order valence-electron chi connectivity index (χ4n) is 4.31. The van der Waals surface area contributed by atoms with Crippen molar-refractivity contribution in [1.29, 1.82) is 0 Å². The van der Waals surface area contributed by atoms with E-state index in [0.717, 1.165) is 16.7 Å². The van der Waals surface area contributed by atoms with E-state index in [1.165, 1.54) is 4.90 Å². The van der Waals surface area contributed by atoms with Crippen molar-refractivity contribution >= 4 is 6.09 Å². The quantitative estimate of drug-likeness (QED) is 0.385. The Bertz CT molecular complexity index is 939. The summed E-state index contributed by atoms with van der Waals surface area (Å²) < 4.78 is 0. The minimum absolute atomic E-state index is 0.0745. The van der Waals surface area contributed by atoms with E-state index >= 15 is 0 Å². The van der Waals surface area contributed by atoms with Crippen LogP contribution in [0.5, 0.6) is 0 Å². The first-order chi connectivity index (χ1) is 16.4. The fourth-order valence-corrected chi connectivity index (χ4v) is 4.31. The molecule has 0 unspecified atom stereocenters. The summed E-state index contributed by atoms with van der Waals surface area (Å²) in [5.41, 5.74) is 3.42. The summed E-state index contributed by atoms with van der Waals surface area (Å²) in [6.07, 6.45) is -1.22. The molecule has 0 saturated carbocycles.